The molecular weight excluding hydrogens is 508 g/mol. The molecular formula is C30H38N6O4. The number of nitrogens with one attached hydrogen (secondary N) is 1. The maximum Gasteiger partial charge on any atom is 0.407 e. The summed E-state index contributed by atoms with van der Waals surface area (Å²) in [5, 5.41) is 12.8. The molecule has 0 bridgehead atoms. The second-order valence-electron chi connectivity index (χ2n) is 9.85. The van der Waals surface area contributed by atoms with Crippen LogP contribution in [0.2, 0.25) is 0 Å². The molecule has 2 aliphatic heterocycles. The summed E-state index contributed by atoms with van der Waals surface area (Å²) >= 11 is 0. The topological polar surface area (TPSA) is 111 Å². The number of benzene rings is 2. The Balaban J connectivity index is 0.000000681. The molecule has 1 fully saturated rings. The minimum absolute atomic E-state index is 0.225. The highest BCUT2D eigenvalue weighted by atomic mass is 16.5. The van der Waals surface area contributed by atoms with E-state index in [0.29, 0.717) is 49.1 Å². The summed E-state index contributed by atoms with van der Waals surface area (Å²) < 4.78 is 5.25. The number of methoxy groups -OCH3 is 1. The summed E-state index contributed by atoms with van der Waals surface area (Å²) in [6.45, 7) is 5.40. The van der Waals surface area contributed by atoms with Crippen molar-refractivity contribution in [3.63, 3.8) is 0 Å². The van der Waals surface area contributed by atoms with E-state index in [1.807, 2.05) is 42.5 Å². The zero-order valence-corrected chi connectivity index (χ0v) is 23.4. The van der Waals surface area contributed by atoms with Gasteiger partial charge in [-0.3, -0.25) is 9.80 Å². The number of rotatable bonds is 7. The second-order valence-corrected chi connectivity index (χ2v) is 9.85. The molecule has 212 valence electrons. The summed E-state index contributed by atoms with van der Waals surface area (Å²) in [4.78, 5) is 39.4. The Bertz CT molecular complexity index is 1270. The van der Waals surface area contributed by atoms with E-state index in [1.165, 1.54) is 24.2 Å². The zero-order chi connectivity index (χ0) is 28.5. The number of ether oxygens (including phenoxy) is 1. The molecule has 2 N–H and O–H groups in total. The number of carbonyl (C=O) groups excluding carboxylic acids is 1. The van der Waals surface area contributed by atoms with Crippen molar-refractivity contribution in [1.82, 2.24) is 14.9 Å². The highest BCUT2D eigenvalue weighted by Crippen LogP contribution is 2.35. The van der Waals surface area contributed by atoms with Crippen LogP contribution in [0.1, 0.15) is 51.5 Å². The van der Waals surface area contributed by atoms with Crippen molar-refractivity contribution in [3.8, 4) is 5.75 Å². The first-order valence-corrected chi connectivity index (χ1v) is 13.9. The average molecular weight is 547 g/mol. The van der Waals surface area contributed by atoms with Crippen LogP contribution in [0.15, 0.2) is 60.8 Å². The van der Waals surface area contributed by atoms with Crippen LogP contribution in [0.5, 0.6) is 5.75 Å². The minimum atomic E-state index is -0.986. The van der Waals surface area contributed by atoms with Crippen LogP contribution >= 0.6 is 0 Å². The Morgan fingerprint density at radius 3 is 2.45 bits per heavy atom. The van der Waals surface area contributed by atoms with Gasteiger partial charge in [-0.25, -0.2) is 14.6 Å². The Kier molecular flexibility index (Phi) is 9.77. The van der Waals surface area contributed by atoms with Gasteiger partial charge in [-0.1, -0.05) is 51.3 Å². The number of carbonyl (C=O) groups is 2. The van der Waals surface area contributed by atoms with Gasteiger partial charge in [-0.2, -0.15) is 4.98 Å². The molecule has 3 aromatic rings. The molecule has 10 heteroatoms. The number of fused-ring (bicyclic) bond motifs is 1. The van der Waals surface area contributed by atoms with E-state index < -0.39 is 6.09 Å². The smallest absolute Gasteiger partial charge is 0.407 e. The highest BCUT2D eigenvalue weighted by molar-refractivity contribution is 6.06. The van der Waals surface area contributed by atoms with Gasteiger partial charge < -0.3 is 20.1 Å². The van der Waals surface area contributed by atoms with Crippen molar-refractivity contribution in [2.45, 2.75) is 58.5 Å². The van der Waals surface area contributed by atoms with E-state index in [2.05, 4.69) is 24.1 Å². The van der Waals surface area contributed by atoms with Gasteiger partial charge in [0.15, 0.2) is 0 Å². The summed E-state index contributed by atoms with van der Waals surface area (Å²) in [5.74, 6) is 1.57. The number of anilines is 4. The fourth-order valence-corrected chi connectivity index (χ4v) is 4.87. The lowest BCUT2D eigenvalue weighted by molar-refractivity contribution is 0.130. The molecule has 3 heterocycles. The number of nitrogens with zero attached hydrogens (tertiary/aromatic N) is 5. The molecule has 2 aliphatic rings. The van der Waals surface area contributed by atoms with Gasteiger partial charge in [0.05, 0.1) is 19.7 Å². The van der Waals surface area contributed by atoms with E-state index in [4.69, 9.17) is 9.72 Å². The van der Waals surface area contributed by atoms with Gasteiger partial charge in [0.25, 0.3) is 0 Å². The number of amides is 3. The summed E-state index contributed by atoms with van der Waals surface area (Å²) in [6, 6.07) is 16.2. The maximum absolute atomic E-state index is 13.9. The molecule has 0 saturated carbocycles. The molecule has 0 spiro atoms. The number of hydrogen-bond donors (Lipinski definition) is 2. The first-order valence-electron chi connectivity index (χ1n) is 13.9. The van der Waals surface area contributed by atoms with Crippen LogP contribution in [0, 0.1) is 0 Å². The van der Waals surface area contributed by atoms with Crippen LogP contribution in [0.4, 0.5) is 32.7 Å². The van der Waals surface area contributed by atoms with Gasteiger partial charge in [0.1, 0.15) is 11.6 Å². The monoisotopic (exact) mass is 546 g/mol. The van der Waals surface area contributed by atoms with Crippen LogP contribution in [0.25, 0.3) is 0 Å². The summed E-state index contributed by atoms with van der Waals surface area (Å²) in [6.07, 6.45) is 6.16. The van der Waals surface area contributed by atoms with Crippen molar-refractivity contribution in [3.05, 3.63) is 66.4 Å². The van der Waals surface area contributed by atoms with Crippen molar-refractivity contribution in [2.24, 2.45) is 0 Å². The van der Waals surface area contributed by atoms with Crippen molar-refractivity contribution in [2.75, 3.05) is 35.3 Å². The summed E-state index contributed by atoms with van der Waals surface area (Å²) in [5.41, 5.74) is 2.33. The lowest BCUT2D eigenvalue weighted by Crippen LogP contribution is -2.57. The Morgan fingerprint density at radius 1 is 1.10 bits per heavy atom. The quantitative estimate of drug-likeness (QED) is 0.347. The average Bonchev–Trinajstić information content (AvgIpc) is 2.98. The number of aromatic nitrogens is 2. The molecule has 1 saturated heterocycles. The van der Waals surface area contributed by atoms with Gasteiger partial charge in [-0.05, 0) is 49.2 Å². The van der Waals surface area contributed by atoms with E-state index in [0.717, 1.165) is 11.3 Å². The Hall–Kier alpha value is -4.34. The van der Waals surface area contributed by atoms with E-state index >= 15 is 0 Å². The third-order valence-corrected chi connectivity index (χ3v) is 6.99. The van der Waals surface area contributed by atoms with E-state index in [-0.39, 0.29) is 18.6 Å². The maximum atomic E-state index is 13.9. The molecule has 0 aliphatic carbocycles. The van der Waals surface area contributed by atoms with Crippen molar-refractivity contribution >= 4 is 35.3 Å². The Labute approximate surface area is 235 Å². The van der Waals surface area contributed by atoms with E-state index in [9.17, 15) is 14.7 Å². The number of urea groups is 1. The number of hydrogen-bond acceptors (Lipinski definition) is 6. The van der Waals surface area contributed by atoms with Crippen LogP contribution in [-0.2, 0) is 6.54 Å². The number of piperidine rings is 1. The van der Waals surface area contributed by atoms with E-state index in [1.54, 1.807) is 35.2 Å². The fraction of sp³-hybridized carbons (Fsp3) is 0.400. The third-order valence-electron chi connectivity index (χ3n) is 6.99. The molecule has 5 rings (SSSR count). The summed E-state index contributed by atoms with van der Waals surface area (Å²) in [7, 11) is 1.59. The molecule has 1 atom stereocenters. The SMILES string of the molecule is CCCCC.COc1ccc(N2Cc3cnc(Nc4ccccc4)nc3N(C3CCCN(C(=O)O)C3)C2=O)cc1. The normalized spacial score (nSPS) is 16.5. The molecule has 40 heavy (non-hydrogen) atoms. The lowest BCUT2D eigenvalue weighted by Gasteiger charge is -2.43. The predicted octanol–water partition coefficient (Wildman–Crippen LogP) is 6.51. The number of likely N-dealkylation sites (tertiary alicyclic amines) is 1. The first kappa shape index (κ1) is 28.7. The molecule has 2 aromatic carbocycles. The molecule has 0 radical (unpaired) electrons. The second kappa shape index (κ2) is 13.6. The van der Waals surface area contributed by atoms with Gasteiger partial charge in [0.2, 0.25) is 5.95 Å². The molecule has 1 unspecified atom stereocenters. The largest absolute Gasteiger partial charge is 0.497 e. The molecule has 1 aromatic heterocycles. The Morgan fingerprint density at radius 2 is 1.82 bits per heavy atom. The highest BCUT2D eigenvalue weighted by Gasteiger charge is 2.39. The third kappa shape index (κ3) is 6.80. The minimum Gasteiger partial charge on any atom is -0.497 e. The van der Waals surface area contributed by atoms with Crippen LogP contribution in [0.3, 0.4) is 0 Å². The molecule has 3 amide bonds. The predicted molar refractivity (Wildman–Crippen MR) is 157 cm³/mol. The van der Waals surface area contributed by atoms with Crippen LogP contribution < -0.4 is 19.9 Å². The van der Waals surface area contributed by atoms with Gasteiger partial charge in [-0.15, -0.1) is 0 Å². The zero-order valence-electron chi connectivity index (χ0n) is 23.4. The molecule has 10 nitrogen and oxygen atoms in total. The fourth-order valence-electron chi connectivity index (χ4n) is 4.87. The lowest BCUT2D eigenvalue weighted by atomic mass is 10.0. The van der Waals surface area contributed by atoms with Crippen molar-refractivity contribution < 1.29 is 19.4 Å². The van der Waals surface area contributed by atoms with Crippen LogP contribution in [-0.4, -0.2) is 58.3 Å². The van der Waals surface area contributed by atoms with Gasteiger partial charge in [0, 0.05) is 36.2 Å². The number of carboxylic acid groups (broad SMARTS) is 1. The van der Waals surface area contributed by atoms with Crippen molar-refractivity contribution in [1.29, 1.82) is 0 Å². The van der Waals surface area contributed by atoms with Gasteiger partial charge >= 0.3 is 12.1 Å². The first-order chi connectivity index (χ1) is 19.4. The number of unbranched alkanes of at least 4 members (excludes halogenated alkanes) is 2. The number of para-hydroxylation sites is 1. The standard InChI is InChI=1S/C25H26N6O4.C5H12/c1-35-21-11-9-19(10-12-21)30-15-17-14-26-23(27-18-6-3-2-4-7-18)28-22(17)31(24(30)32)20-8-5-13-29(16-20)25(33)34;1-3-5-4-2/h2-4,6-7,9-12,14,20H,5,8,13,15-16H2,1H3,(H,33,34)(H,26,27,28);3-5H2,1-2H3.